The highest BCUT2D eigenvalue weighted by Gasteiger charge is 2.17. The molecule has 1 atom stereocenters. The normalized spacial score (nSPS) is 11.8. The first-order valence-electron chi connectivity index (χ1n) is 5.90. The van der Waals surface area contributed by atoms with Gasteiger partial charge < -0.3 is 19.9 Å². The largest absolute Gasteiger partial charge is 0.475 e. The third kappa shape index (κ3) is 3.24. The Morgan fingerprint density at radius 1 is 1.15 bits per heavy atom. The molecule has 20 heavy (non-hydrogen) atoms. The van der Waals surface area contributed by atoms with Gasteiger partial charge in [0.05, 0.1) is 6.54 Å². The number of aromatic carboxylic acids is 1. The SMILES string of the molecule is O=C(O)c1ccc(CNC(=O)C(O)c2ccccc2)o1. The molecular weight excluding hydrogens is 262 g/mol. The number of carbonyl (C=O) groups is 2. The van der Waals surface area contributed by atoms with Crippen molar-refractivity contribution in [3.05, 3.63) is 59.5 Å². The summed E-state index contributed by atoms with van der Waals surface area (Å²) >= 11 is 0. The molecular formula is C14H13NO5. The molecule has 0 fully saturated rings. The summed E-state index contributed by atoms with van der Waals surface area (Å²) in [7, 11) is 0. The van der Waals surface area contributed by atoms with E-state index in [0.717, 1.165) is 0 Å². The maximum absolute atomic E-state index is 11.7. The third-order valence-corrected chi connectivity index (χ3v) is 2.67. The molecule has 1 amide bonds. The topological polar surface area (TPSA) is 99.8 Å². The Labute approximate surface area is 114 Å². The maximum Gasteiger partial charge on any atom is 0.371 e. The molecule has 6 nitrogen and oxygen atoms in total. The number of rotatable bonds is 5. The lowest BCUT2D eigenvalue weighted by molar-refractivity contribution is -0.129. The van der Waals surface area contributed by atoms with Crippen molar-refractivity contribution in [3.8, 4) is 0 Å². The minimum Gasteiger partial charge on any atom is -0.475 e. The number of carboxylic acid groups (broad SMARTS) is 1. The Bertz CT molecular complexity index is 605. The minimum absolute atomic E-state index is 0.00993. The molecule has 0 aliphatic rings. The average Bonchev–Trinajstić information content (AvgIpc) is 2.94. The zero-order valence-corrected chi connectivity index (χ0v) is 10.4. The lowest BCUT2D eigenvalue weighted by Gasteiger charge is -2.10. The van der Waals surface area contributed by atoms with E-state index in [1.54, 1.807) is 30.3 Å². The highest BCUT2D eigenvalue weighted by molar-refractivity contribution is 5.84. The highest BCUT2D eigenvalue weighted by atomic mass is 16.4. The van der Waals surface area contributed by atoms with Crippen LogP contribution in [0, 0.1) is 0 Å². The van der Waals surface area contributed by atoms with Crippen molar-refractivity contribution in [1.82, 2.24) is 5.32 Å². The monoisotopic (exact) mass is 275 g/mol. The second-order valence-electron chi connectivity index (χ2n) is 4.10. The van der Waals surface area contributed by atoms with Crippen LogP contribution in [0.2, 0.25) is 0 Å². The summed E-state index contributed by atoms with van der Waals surface area (Å²) in [6.45, 7) is 0.00993. The lowest BCUT2D eigenvalue weighted by atomic mass is 10.1. The van der Waals surface area contributed by atoms with E-state index >= 15 is 0 Å². The molecule has 1 aromatic heterocycles. The van der Waals surface area contributed by atoms with Crippen LogP contribution in [0.5, 0.6) is 0 Å². The molecule has 0 aliphatic carbocycles. The molecule has 2 aromatic rings. The van der Waals surface area contributed by atoms with Crippen molar-refractivity contribution in [2.75, 3.05) is 0 Å². The second kappa shape index (κ2) is 6.03. The van der Waals surface area contributed by atoms with Crippen LogP contribution < -0.4 is 5.32 Å². The van der Waals surface area contributed by atoms with Crippen LogP contribution >= 0.6 is 0 Å². The minimum atomic E-state index is -1.27. The van der Waals surface area contributed by atoms with Crippen molar-refractivity contribution < 1.29 is 24.2 Å². The van der Waals surface area contributed by atoms with Gasteiger partial charge in [-0.3, -0.25) is 4.79 Å². The van der Waals surface area contributed by atoms with Crippen LogP contribution in [0.3, 0.4) is 0 Å². The predicted octanol–water partition coefficient (Wildman–Crippen LogP) is 1.33. The summed E-state index contributed by atoms with van der Waals surface area (Å²) in [4.78, 5) is 22.4. The number of hydrogen-bond acceptors (Lipinski definition) is 4. The van der Waals surface area contributed by atoms with E-state index in [9.17, 15) is 14.7 Å². The first kappa shape index (κ1) is 13.8. The van der Waals surface area contributed by atoms with E-state index in [-0.39, 0.29) is 12.3 Å². The van der Waals surface area contributed by atoms with Gasteiger partial charge in [-0.15, -0.1) is 0 Å². The summed E-state index contributed by atoms with van der Waals surface area (Å²) in [5.41, 5.74) is 0.482. The number of carbonyl (C=O) groups excluding carboxylic acids is 1. The standard InChI is InChI=1S/C14H13NO5/c16-12(9-4-2-1-3-5-9)13(17)15-8-10-6-7-11(20-10)14(18)19/h1-7,12,16H,8H2,(H,15,17)(H,18,19). The fraction of sp³-hybridized carbons (Fsp3) is 0.143. The summed E-state index contributed by atoms with van der Waals surface area (Å²) < 4.78 is 4.99. The number of hydrogen-bond donors (Lipinski definition) is 3. The third-order valence-electron chi connectivity index (χ3n) is 2.67. The Hall–Kier alpha value is -2.60. The van der Waals surface area contributed by atoms with Gasteiger partial charge >= 0.3 is 5.97 Å². The summed E-state index contributed by atoms with van der Waals surface area (Å²) in [5, 5.41) is 21.0. The summed E-state index contributed by atoms with van der Waals surface area (Å²) in [6.07, 6.45) is -1.27. The van der Waals surface area contributed by atoms with Gasteiger partial charge in [0, 0.05) is 0 Å². The van der Waals surface area contributed by atoms with Crippen molar-refractivity contribution in [3.63, 3.8) is 0 Å². The molecule has 0 saturated carbocycles. The van der Waals surface area contributed by atoms with Crippen LogP contribution in [0.4, 0.5) is 0 Å². The van der Waals surface area contributed by atoms with Gasteiger partial charge in [0.15, 0.2) is 6.10 Å². The molecule has 1 aromatic carbocycles. The number of benzene rings is 1. The van der Waals surface area contributed by atoms with E-state index in [4.69, 9.17) is 9.52 Å². The molecule has 6 heteroatoms. The zero-order valence-electron chi connectivity index (χ0n) is 10.4. The van der Waals surface area contributed by atoms with Gasteiger partial charge in [0.1, 0.15) is 5.76 Å². The van der Waals surface area contributed by atoms with Crippen LogP contribution in [0.1, 0.15) is 28.0 Å². The highest BCUT2D eigenvalue weighted by Crippen LogP contribution is 2.13. The number of aliphatic hydroxyl groups is 1. The quantitative estimate of drug-likeness (QED) is 0.764. The Morgan fingerprint density at radius 3 is 2.45 bits per heavy atom. The van der Waals surface area contributed by atoms with E-state index in [1.807, 2.05) is 0 Å². The molecule has 0 aliphatic heterocycles. The van der Waals surface area contributed by atoms with Gasteiger partial charge in [-0.05, 0) is 17.7 Å². The van der Waals surface area contributed by atoms with Crippen LogP contribution in [0.15, 0.2) is 46.9 Å². The molecule has 2 rings (SSSR count). The van der Waals surface area contributed by atoms with Crippen molar-refractivity contribution in [1.29, 1.82) is 0 Å². The van der Waals surface area contributed by atoms with E-state index < -0.39 is 18.0 Å². The van der Waals surface area contributed by atoms with Crippen LogP contribution in [-0.4, -0.2) is 22.1 Å². The fourth-order valence-electron chi connectivity index (χ4n) is 1.65. The lowest BCUT2D eigenvalue weighted by Crippen LogP contribution is -2.28. The van der Waals surface area contributed by atoms with E-state index in [1.165, 1.54) is 12.1 Å². The van der Waals surface area contributed by atoms with Gasteiger partial charge in [0.2, 0.25) is 5.76 Å². The Kier molecular flexibility index (Phi) is 4.17. The Morgan fingerprint density at radius 2 is 1.85 bits per heavy atom. The number of amides is 1. The second-order valence-corrected chi connectivity index (χ2v) is 4.10. The van der Waals surface area contributed by atoms with Gasteiger partial charge in [0.25, 0.3) is 5.91 Å². The molecule has 1 heterocycles. The fourth-order valence-corrected chi connectivity index (χ4v) is 1.65. The maximum atomic E-state index is 11.7. The molecule has 0 radical (unpaired) electrons. The van der Waals surface area contributed by atoms with E-state index in [0.29, 0.717) is 11.3 Å². The van der Waals surface area contributed by atoms with Crippen molar-refractivity contribution >= 4 is 11.9 Å². The van der Waals surface area contributed by atoms with Crippen LogP contribution in [0.25, 0.3) is 0 Å². The first-order chi connectivity index (χ1) is 9.58. The number of furan rings is 1. The van der Waals surface area contributed by atoms with Crippen LogP contribution in [-0.2, 0) is 11.3 Å². The van der Waals surface area contributed by atoms with Crippen molar-refractivity contribution in [2.24, 2.45) is 0 Å². The molecule has 3 N–H and O–H groups in total. The van der Waals surface area contributed by atoms with Gasteiger partial charge in [-0.25, -0.2) is 4.79 Å². The zero-order chi connectivity index (χ0) is 14.5. The molecule has 104 valence electrons. The number of carboxylic acids is 1. The molecule has 0 bridgehead atoms. The summed E-state index contributed by atoms with van der Waals surface area (Å²) in [5.74, 6) is -1.65. The van der Waals surface area contributed by atoms with Gasteiger partial charge in [-0.2, -0.15) is 0 Å². The predicted molar refractivity (Wildman–Crippen MR) is 68.9 cm³/mol. The molecule has 0 spiro atoms. The number of aliphatic hydroxyl groups excluding tert-OH is 1. The van der Waals surface area contributed by atoms with Gasteiger partial charge in [-0.1, -0.05) is 30.3 Å². The first-order valence-corrected chi connectivity index (χ1v) is 5.90. The number of nitrogens with one attached hydrogen (secondary N) is 1. The molecule has 1 unspecified atom stereocenters. The molecule has 0 saturated heterocycles. The average molecular weight is 275 g/mol. The smallest absolute Gasteiger partial charge is 0.371 e. The summed E-state index contributed by atoms with van der Waals surface area (Å²) in [6, 6.07) is 11.3. The van der Waals surface area contributed by atoms with E-state index in [2.05, 4.69) is 5.32 Å². The Balaban J connectivity index is 1.93. The van der Waals surface area contributed by atoms with Crippen molar-refractivity contribution in [2.45, 2.75) is 12.6 Å².